The maximum Gasteiger partial charge on any atom is 0.408 e. The van der Waals surface area contributed by atoms with Crippen LogP contribution < -0.4 is 10.6 Å². The Morgan fingerprint density at radius 3 is 2.02 bits per heavy atom. The molecule has 0 aliphatic rings. The highest BCUT2D eigenvalue weighted by atomic mass is 16.6. The second-order valence-electron chi connectivity index (χ2n) is 13.5. The summed E-state index contributed by atoms with van der Waals surface area (Å²) in [7, 11) is 0. The van der Waals surface area contributed by atoms with E-state index in [1.54, 1.807) is 58.0 Å². The van der Waals surface area contributed by atoms with Crippen molar-refractivity contribution in [3.8, 4) is 11.5 Å². The Hall–Kier alpha value is -4.53. The highest BCUT2D eigenvalue weighted by Gasteiger charge is 2.38. The number of unbranched alkanes of at least 4 members (excludes halogenated alkanes) is 5. The van der Waals surface area contributed by atoms with Crippen molar-refractivity contribution in [2.75, 3.05) is 11.9 Å². The molecule has 3 aromatic rings. The number of ether oxygens (including phenoxy) is 1. The Kier molecular flexibility index (Phi) is 13.9. The number of rotatable bonds is 15. The number of amides is 3. The number of aryl methyl sites for hydroxylation is 3. The number of benzene rings is 3. The van der Waals surface area contributed by atoms with E-state index in [2.05, 4.69) is 17.6 Å². The van der Waals surface area contributed by atoms with E-state index in [0.717, 1.165) is 43.2 Å². The van der Waals surface area contributed by atoms with E-state index >= 15 is 0 Å². The fourth-order valence-corrected chi connectivity index (χ4v) is 5.70. The zero-order valence-electron chi connectivity index (χ0n) is 29.6. The highest BCUT2D eigenvalue weighted by Crippen LogP contribution is 2.34. The zero-order chi connectivity index (χ0) is 35.4. The van der Waals surface area contributed by atoms with Gasteiger partial charge in [0.05, 0.1) is 0 Å². The summed E-state index contributed by atoms with van der Waals surface area (Å²) in [5.74, 6) is -0.974. The van der Waals surface area contributed by atoms with Crippen molar-refractivity contribution >= 4 is 23.6 Å². The number of hydrogen-bond donors (Lipinski definition) is 4. The molecule has 0 radical (unpaired) electrons. The first-order valence-electron chi connectivity index (χ1n) is 16.9. The van der Waals surface area contributed by atoms with Crippen LogP contribution in [0.2, 0.25) is 0 Å². The van der Waals surface area contributed by atoms with Crippen molar-refractivity contribution in [3.05, 3.63) is 88.5 Å². The molecular formula is C39H53N3O6. The Morgan fingerprint density at radius 1 is 0.812 bits per heavy atom. The molecule has 0 aliphatic heterocycles. The summed E-state index contributed by atoms with van der Waals surface area (Å²) in [6.07, 6.45) is 5.05. The van der Waals surface area contributed by atoms with Crippen LogP contribution in [-0.4, -0.2) is 51.2 Å². The van der Waals surface area contributed by atoms with Gasteiger partial charge in [-0.05, 0) is 82.3 Å². The lowest BCUT2D eigenvalue weighted by Gasteiger charge is -2.35. The van der Waals surface area contributed by atoms with Gasteiger partial charge < -0.3 is 30.5 Å². The molecule has 0 aliphatic carbocycles. The third kappa shape index (κ3) is 11.0. The molecule has 4 N–H and O–H groups in total. The summed E-state index contributed by atoms with van der Waals surface area (Å²) in [5, 5.41) is 27.0. The molecule has 3 rings (SSSR count). The summed E-state index contributed by atoms with van der Waals surface area (Å²) in [6.45, 7) is 13.1. The molecule has 9 nitrogen and oxygen atoms in total. The number of hydrogen-bond acceptors (Lipinski definition) is 6. The van der Waals surface area contributed by atoms with Gasteiger partial charge in [-0.3, -0.25) is 9.59 Å². The van der Waals surface area contributed by atoms with Gasteiger partial charge in [0.25, 0.3) is 5.91 Å². The van der Waals surface area contributed by atoms with Crippen LogP contribution in [0.5, 0.6) is 11.5 Å². The van der Waals surface area contributed by atoms with E-state index < -0.39 is 35.6 Å². The molecular weight excluding hydrogens is 606 g/mol. The van der Waals surface area contributed by atoms with Crippen LogP contribution in [-0.2, 0) is 20.7 Å². The van der Waals surface area contributed by atoms with Gasteiger partial charge in [-0.2, -0.15) is 0 Å². The summed E-state index contributed by atoms with van der Waals surface area (Å²) < 4.78 is 5.54. The normalized spacial score (nSPS) is 12.6. The minimum atomic E-state index is -1.21. The molecule has 0 saturated carbocycles. The van der Waals surface area contributed by atoms with Gasteiger partial charge in [0.1, 0.15) is 29.2 Å². The molecule has 0 spiro atoms. The number of aromatic hydroxyl groups is 2. The third-order valence-electron chi connectivity index (χ3n) is 8.25. The van der Waals surface area contributed by atoms with Gasteiger partial charge in [-0.15, -0.1) is 0 Å². The molecule has 0 heterocycles. The molecule has 0 aromatic heterocycles. The molecule has 3 aromatic carbocycles. The number of carbonyl (C=O) groups excluding carboxylic acids is 3. The molecule has 0 bridgehead atoms. The first kappa shape index (κ1) is 37.9. The molecule has 48 heavy (non-hydrogen) atoms. The molecule has 260 valence electrons. The Bertz CT molecular complexity index is 1510. The smallest absolute Gasteiger partial charge is 0.408 e. The predicted molar refractivity (Wildman–Crippen MR) is 190 cm³/mol. The van der Waals surface area contributed by atoms with Crippen molar-refractivity contribution in [2.45, 2.75) is 111 Å². The number of nitrogens with zero attached hydrogens (tertiary/aromatic N) is 1. The minimum Gasteiger partial charge on any atom is -0.508 e. The van der Waals surface area contributed by atoms with E-state index in [4.69, 9.17) is 4.74 Å². The van der Waals surface area contributed by atoms with Crippen molar-refractivity contribution in [1.29, 1.82) is 0 Å². The fraction of sp³-hybridized carbons (Fsp3) is 0.462. The van der Waals surface area contributed by atoms with Crippen molar-refractivity contribution < 1.29 is 29.3 Å². The quantitative estimate of drug-likeness (QED) is 0.122. The SMILES string of the molecule is CCCCCCCCN(C(=O)C(Cc1ccc(O)cc1)NC(=O)OC(C)(C)C)C(C(=O)Nc1c(C)cccc1C)c1cccc(C)c1O. The van der Waals surface area contributed by atoms with Crippen molar-refractivity contribution in [2.24, 2.45) is 0 Å². The average Bonchev–Trinajstić information content (AvgIpc) is 3.01. The summed E-state index contributed by atoms with van der Waals surface area (Å²) in [6, 6.07) is 14.9. The fourth-order valence-electron chi connectivity index (χ4n) is 5.70. The summed E-state index contributed by atoms with van der Waals surface area (Å²) in [5.41, 5.74) is 3.10. The van der Waals surface area contributed by atoms with E-state index in [0.29, 0.717) is 28.8 Å². The number of para-hydroxylation sites is 2. The monoisotopic (exact) mass is 659 g/mol. The van der Waals surface area contributed by atoms with Crippen LogP contribution in [0.25, 0.3) is 0 Å². The lowest BCUT2D eigenvalue weighted by Crippen LogP contribution is -2.53. The van der Waals surface area contributed by atoms with Gasteiger partial charge in [0.2, 0.25) is 5.91 Å². The van der Waals surface area contributed by atoms with E-state index in [1.807, 2.05) is 32.0 Å². The van der Waals surface area contributed by atoms with Gasteiger partial charge in [-0.25, -0.2) is 4.79 Å². The maximum atomic E-state index is 14.8. The van der Waals surface area contributed by atoms with E-state index in [-0.39, 0.29) is 24.5 Å². The molecule has 0 fully saturated rings. The molecule has 2 unspecified atom stereocenters. The number of nitrogens with one attached hydrogen (secondary N) is 2. The third-order valence-corrected chi connectivity index (χ3v) is 8.25. The number of phenols is 2. The Morgan fingerprint density at radius 2 is 1.40 bits per heavy atom. The van der Waals surface area contributed by atoms with Gasteiger partial charge in [0, 0.05) is 24.2 Å². The van der Waals surface area contributed by atoms with Crippen LogP contribution in [0.1, 0.15) is 100 Å². The summed E-state index contributed by atoms with van der Waals surface area (Å²) in [4.78, 5) is 43.9. The Labute approximate surface area is 285 Å². The number of alkyl carbamates (subject to hydrolysis) is 1. The van der Waals surface area contributed by atoms with Gasteiger partial charge >= 0.3 is 6.09 Å². The second-order valence-corrected chi connectivity index (χ2v) is 13.5. The molecule has 0 saturated heterocycles. The molecule has 2 atom stereocenters. The number of carbonyl (C=O) groups is 3. The topological polar surface area (TPSA) is 128 Å². The lowest BCUT2D eigenvalue weighted by molar-refractivity contribution is -0.141. The summed E-state index contributed by atoms with van der Waals surface area (Å²) >= 11 is 0. The first-order valence-corrected chi connectivity index (χ1v) is 16.9. The van der Waals surface area contributed by atoms with Crippen LogP contribution in [0.3, 0.4) is 0 Å². The molecule has 9 heteroatoms. The largest absolute Gasteiger partial charge is 0.508 e. The van der Waals surface area contributed by atoms with Crippen LogP contribution in [0.4, 0.5) is 10.5 Å². The second kappa shape index (κ2) is 17.6. The number of anilines is 1. The van der Waals surface area contributed by atoms with Gasteiger partial charge in [-0.1, -0.05) is 87.6 Å². The van der Waals surface area contributed by atoms with Crippen LogP contribution >= 0.6 is 0 Å². The van der Waals surface area contributed by atoms with Crippen molar-refractivity contribution in [3.63, 3.8) is 0 Å². The van der Waals surface area contributed by atoms with Crippen LogP contribution in [0, 0.1) is 20.8 Å². The minimum absolute atomic E-state index is 0.0737. The predicted octanol–water partition coefficient (Wildman–Crippen LogP) is 8.03. The first-order chi connectivity index (χ1) is 22.7. The average molecular weight is 660 g/mol. The highest BCUT2D eigenvalue weighted by molar-refractivity contribution is 6.00. The standard InChI is InChI=1S/C39H53N3O6/c1-8-9-10-11-12-13-24-42(37(46)32(40-38(47)48-39(5,6)7)25-29-20-22-30(43)23-21-29)34(31-19-15-18-28(4)35(31)44)36(45)41-33-26(2)16-14-17-27(33)3/h14-23,32,34,43-44H,8-13,24-25H2,1-7H3,(H,40,47)(H,41,45). The Balaban J connectivity index is 2.13. The zero-order valence-corrected chi connectivity index (χ0v) is 29.6. The van der Waals surface area contributed by atoms with E-state index in [1.165, 1.54) is 17.0 Å². The van der Waals surface area contributed by atoms with Gasteiger partial charge in [0.15, 0.2) is 0 Å². The maximum absolute atomic E-state index is 14.8. The van der Waals surface area contributed by atoms with Crippen molar-refractivity contribution in [1.82, 2.24) is 10.2 Å². The molecule has 3 amide bonds. The van der Waals surface area contributed by atoms with Crippen LogP contribution in [0.15, 0.2) is 60.7 Å². The number of phenolic OH excluding ortho intramolecular Hbond substituents is 2. The lowest BCUT2D eigenvalue weighted by atomic mass is 9.97. The van der Waals surface area contributed by atoms with E-state index in [9.17, 15) is 24.6 Å².